The van der Waals surface area contributed by atoms with E-state index in [0.29, 0.717) is 24.4 Å². The van der Waals surface area contributed by atoms with Gasteiger partial charge in [0.05, 0.1) is 18.3 Å². The third kappa shape index (κ3) is 3.41. The number of hydrogen-bond acceptors (Lipinski definition) is 3. The van der Waals surface area contributed by atoms with Gasteiger partial charge in [-0.05, 0) is 25.5 Å². The molecule has 0 aliphatic carbocycles. The van der Waals surface area contributed by atoms with Crippen LogP contribution in [0.5, 0.6) is 5.75 Å². The van der Waals surface area contributed by atoms with Gasteiger partial charge in [0, 0.05) is 6.07 Å². The maximum Gasteiger partial charge on any atom is 0.244 e. The summed E-state index contributed by atoms with van der Waals surface area (Å²) in [4.78, 5) is 13.9. The zero-order chi connectivity index (χ0) is 14.0. The molecule has 2 unspecified atom stereocenters. The normalized spacial score (nSPS) is 18.6. The average molecular weight is 303 g/mol. The molecule has 1 aromatic rings. The topological polar surface area (TPSA) is 55.6 Å². The van der Waals surface area contributed by atoms with Crippen LogP contribution in [0.1, 0.15) is 26.7 Å². The van der Waals surface area contributed by atoms with Gasteiger partial charge in [-0.1, -0.05) is 13.3 Å². The average Bonchev–Trinajstić information content (AvgIpc) is 2.36. The van der Waals surface area contributed by atoms with Gasteiger partial charge >= 0.3 is 0 Å². The summed E-state index contributed by atoms with van der Waals surface area (Å²) >= 11 is 0. The molecule has 0 radical (unpaired) electrons. The second-order valence-corrected chi connectivity index (χ2v) is 4.88. The molecule has 0 bridgehead atoms. The number of halogens is 2. The maximum absolute atomic E-state index is 13.2. The summed E-state index contributed by atoms with van der Waals surface area (Å²) in [5.74, 6) is -0.112. The number of amides is 1. The monoisotopic (exact) mass is 302 g/mol. The Morgan fingerprint density at radius 3 is 2.95 bits per heavy atom. The second-order valence-electron chi connectivity index (χ2n) is 4.88. The van der Waals surface area contributed by atoms with Gasteiger partial charge < -0.3 is 15.4 Å². The lowest BCUT2D eigenvalue weighted by atomic mass is 10.1. The molecule has 0 fully saturated rings. The Morgan fingerprint density at radius 2 is 2.30 bits per heavy atom. The minimum Gasteiger partial charge on any atom is -0.487 e. The fraction of sp³-hybridized carbons (Fsp3) is 0.500. The van der Waals surface area contributed by atoms with Gasteiger partial charge in [-0.3, -0.25) is 4.79 Å². The summed E-state index contributed by atoms with van der Waals surface area (Å²) in [7, 11) is 0. The van der Waals surface area contributed by atoms with Crippen LogP contribution in [-0.4, -0.2) is 24.6 Å². The van der Waals surface area contributed by atoms with Gasteiger partial charge in [-0.15, -0.1) is 12.4 Å². The lowest BCUT2D eigenvalue weighted by Gasteiger charge is -2.34. The van der Waals surface area contributed by atoms with Crippen molar-refractivity contribution in [2.24, 2.45) is 5.73 Å². The number of ether oxygens (including phenoxy) is 1. The Kier molecular flexibility index (Phi) is 5.77. The van der Waals surface area contributed by atoms with Gasteiger partial charge in [0.25, 0.3) is 0 Å². The highest BCUT2D eigenvalue weighted by atomic mass is 35.5. The maximum atomic E-state index is 13.2. The summed E-state index contributed by atoms with van der Waals surface area (Å²) in [6.07, 6.45) is 1.32. The molecule has 2 N–H and O–H groups in total. The van der Waals surface area contributed by atoms with E-state index in [1.54, 1.807) is 11.0 Å². The number of benzene rings is 1. The Bertz CT molecular complexity index is 484. The van der Waals surface area contributed by atoms with Crippen molar-refractivity contribution >= 4 is 24.0 Å². The van der Waals surface area contributed by atoms with E-state index in [-0.39, 0.29) is 30.2 Å². The first-order valence-corrected chi connectivity index (χ1v) is 6.56. The van der Waals surface area contributed by atoms with Gasteiger partial charge in [-0.2, -0.15) is 0 Å². The number of nitrogens with two attached hydrogens (primary N) is 1. The quantitative estimate of drug-likeness (QED) is 0.933. The van der Waals surface area contributed by atoms with Gasteiger partial charge in [-0.25, -0.2) is 4.39 Å². The highest BCUT2D eigenvalue weighted by Crippen LogP contribution is 2.34. The van der Waals surface area contributed by atoms with Crippen molar-refractivity contribution in [2.45, 2.75) is 38.8 Å². The standard InChI is InChI=1S/C14H19FN2O2.ClH/c1-3-4-11(16)14(18)17-8-9(2)19-13-7-10(15)5-6-12(13)17;/h5-7,9,11H,3-4,8,16H2,1-2H3;1H. The van der Waals surface area contributed by atoms with Crippen LogP contribution in [0.15, 0.2) is 18.2 Å². The summed E-state index contributed by atoms with van der Waals surface area (Å²) in [6.45, 7) is 4.27. The zero-order valence-corrected chi connectivity index (χ0v) is 12.5. The van der Waals surface area contributed by atoms with E-state index in [0.717, 1.165) is 6.42 Å². The smallest absolute Gasteiger partial charge is 0.244 e. The van der Waals surface area contributed by atoms with Crippen molar-refractivity contribution in [3.05, 3.63) is 24.0 Å². The van der Waals surface area contributed by atoms with Crippen molar-refractivity contribution in [1.82, 2.24) is 0 Å². The van der Waals surface area contributed by atoms with Crippen LogP contribution in [-0.2, 0) is 4.79 Å². The predicted octanol–water partition coefficient (Wildman–Crippen LogP) is 2.49. The summed E-state index contributed by atoms with van der Waals surface area (Å²) in [6, 6.07) is 3.67. The minimum atomic E-state index is -0.520. The van der Waals surface area contributed by atoms with E-state index in [4.69, 9.17) is 10.5 Å². The highest BCUT2D eigenvalue weighted by Gasteiger charge is 2.30. The molecule has 1 aliphatic heterocycles. The molecule has 4 nitrogen and oxygen atoms in total. The van der Waals surface area contributed by atoms with Crippen molar-refractivity contribution in [3.8, 4) is 5.75 Å². The Morgan fingerprint density at radius 1 is 1.60 bits per heavy atom. The molecule has 0 saturated heterocycles. The number of carbonyl (C=O) groups excluding carboxylic acids is 1. The SMILES string of the molecule is CCCC(N)C(=O)N1CC(C)Oc2cc(F)ccc21.Cl. The highest BCUT2D eigenvalue weighted by molar-refractivity contribution is 5.98. The third-order valence-electron chi connectivity index (χ3n) is 3.16. The molecular formula is C14H20ClFN2O2. The molecular weight excluding hydrogens is 283 g/mol. The molecule has 1 aliphatic rings. The Hall–Kier alpha value is -1.33. The first-order valence-electron chi connectivity index (χ1n) is 6.56. The molecule has 2 rings (SSSR count). The van der Waals surface area contributed by atoms with Crippen LogP contribution in [0.4, 0.5) is 10.1 Å². The van der Waals surface area contributed by atoms with E-state index in [1.807, 2.05) is 13.8 Å². The Balaban J connectivity index is 0.00000200. The molecule has 112 valence electrons. The van der Waals surface area contributed by atoms with Crippen LogP contribution in [0.3, 0.4) is 0 Å². The zero-order valence-electron chi connectivity index (χ0n) is 11.6. The van der Waals surface area contributed by atoms with E-state index in [1.165, 1.54) is 12.1 Å². The summed E-state index contributed by atoms with van der Waals surface area (Å²) in [5.41, 5.74) is 6.48. The first-order chi connectivity index (χ1) is 9.02. The number of anilines is 1. The van der Waals surface area contributed by atoms with Crippen LogP contribution in [0.2, 0.25) is 0 Å². The summed E-state index contributed by atoms with van der Waals surface area (Å²) < 4.78 is 18.8. The molecule has 1 amide bonds. The van der Waals surface area contributed by atoms with Crippen LogP contribution >= 0.6 is 12.4 Å². The number of carbonyl (C=O) groups is 1. The lowest BCUT2D eigenvalue weighted by molar-refractivity contribution is -0.120. The van der Waals surface area contributed by atoms with Gasteiger partial charge in [0.15, 0.2) is 0 Å². The molecule has 0 spiro atoms. The van der Waals surface area contributed by atoms with Gasteiger partial charge in [0.1, 0.15) is 17.7 Å². The van der Waals surface area contributed by atoms with Crippen LogP contribution in [0.25, 0.3) is 0 Å². The summed E-state index contributed by atoms with van der Waals surface area (Å²) in [5, 5.41) is 0. The Labute approximate surface area is 124 Å². The third-order valence-corrected chi connectivity index (χ3v) is 3.16. The van der Waals surface area contributed by atoms with Crippen molar-refractivity contribution in [1.29, 1.82) is 0 Å². The van der Waals surface area contributed by atoms with E-state index < -0.39 is 6.04 Å². The number of nitrogens with zero attached hydrogens (tertiary/aromatic N) is 1. The molecule has 0 saturated carbocycles. The molecule has 0 aromatic heterocycles. The molecule has 6 heteroatoms. The predicted molar refractivity (Wildman–Crippen MR) is 79.0 cm³/mol. The number of fused-ring (bicyclic) bond motifs is 1. The molecule has 20 heavy (non-hydrogen) atoms. The van der Waals surface area contributed by atoms with Crippen LogP contribution < -0.4 is 15.4 Å². The van der Waals surface area contributed by atoms with E-state index >= 15 is 0 Å². The second kappa shape index (κ2) is 6.90. The van der Waals surface area contributed by atoms with Crippen molar-refractivity contribution < 1.29 is 13.9 Å². The van der Waals surface area contributed by atoms with Crippen LogP contribution in [0, 0.1) is 5.82 Å². The minimum absolute atomic E-state index is 0. The number of rotatable bonds is 3. The van der Waals surface area contributed by atoms with E-state index in [9.17, 15) is 9.18 Å². The first kappa shape index (κ1) is 16.7. The molecule has 1 aromatic carbocycles. The molecule has 1 heterocycles. The number of hydrogen-bond donors (Lipinski definition) is 1. The lowest BCUT2D eigenvalue weighted by Crippen LogP contribution is -2.49. The fourth-order valence-corrected chi connectivity index (χ4v) is 2.26. The van der Waals surface area contributed by atoms with Crippen molar-refractivity contribution in [2.75, 3.05) is 11.4 Å². The van der Waals surface area contributed by atoms with E-state index in [2.05, 4.69) is 0 Å². The fourth-order valence-electron chi connectivity index (χ4n) is 2.26. The molecule has 2 atom stereocenters. The van der Waals surface area contributed by atoms with Crippen molar-refractivity contribution in [3.63, 3.8) is 0 Å². The largest absolute Gasteiger partial charge is 0.487 e. The van der Waals surface area contributed by atoms with Gasteiger partial charge in [0.2, 0.25) is 5.91 Å².